The predicted molar refractivity (Wildman–Crippen MR) is 89.2 cm³/mol. The number of carbonyl (C=O) groups is 1. The summed E-state index contributed by atoms with van der Waals surface area (Å²) >= 11 is 0. The Balaban J connectivity index is 2.45. The molecule has 1 aliphatic heterocycles. The van der Waals surface area contributed by atoms with E-state index in [1.54, 1.807) is 0 Å². The molecule has 1 atom stereocenters. The molecule has 0 radical (unpaired) electrons. The first kappa shape index (κ1) is 18.4. The highest BCUT2D eigenvalue weighted by atomic mass is 16.2. The fourth-order valence-corrected chi connectivity index (χ4v) is 3.35. The average Bonchev–Trinajstić information content (AvgIpc) is 2.46. The maximum atomic E-state index is 12.3. The zero-order valence-electron chi connectivity index (χ0n) is 14.5. The minimum Gasteiger partial charge on any atom is -0.341 e. The Bertz CT molecular complexity index is 292. The van der Waals surface area contributed by atoms with Crippen LogP contribution in [0.15, 0.2) is 0 Å². The number of hydrogen-bond donors (Lipinski definition) is 1. The minimum atomic E-state index is -0.316. The van der Waals surface area contributed by atoms with Crippen molar-refractivity contribution in [3.63, 3.8) is 0 Å². The van der Waals surface area contributed by atoms with E-state index in [1.807, 2.05) is 4.90 Å². The van der Waals surface area contributed by atoms with Crippen LogP contribution in [0.25, 0.3) is 0 Å². The highest BCUT2D eigenvalue weighted by Crippen LogP contribution is 2.18. The van der Waals surface area contributed by atoms with E-state index in [1.165, 1.54) is 25.9 Å². The van der Waals surface area contributed by atoms with Crippen molar-refractivity contribution in [2.45, 2.75) is 71.9 Å². The van der Waals surface area contributed by atoms with Gasteiger partial charge in [0, 0.05) is 19.1 Å². The van der Waals surface area contributed by atoms with E-state index in [0.717, 1.165) is 32.4 Å². The van der Waals surface area contributed by atoms with Gasteiger partial charge in [0.15, 0.2) is 0 Å². The molecule has 21 heavy (non-hydrogen) atoms. The molecule has 0 aliphatic carbocycles. The maximum Gasteiger partial charge on any atom is 0.239 e. The summed E-state index contributed by atoms with van der Waals surface area (Å²) in [5.74, 6) is 0.630. The molecule has 0 spiro atoms. The molecular weight excluding hydrogens is 262 g/mol. The topological polar surface area (TPSA) is 49.6 Å². The van der Waals surface area contributed by atoms with Crippen LogP contribution in [0, 0.1) is 5.92 Å². The number of nitrogens with zero attached hydrogens (tertiary/aromatic N) is 2. The number of piperidine rings is 1. The SMILES string of the molecule is CCCN(CCC)C1CCN(C(=O)[C@@H](N)CC(C)C)CC1. The second-order valence-corrected chi connectivity index (χ2v) is 6.83. The number of hydrogen-bond acceptors (Lipinski definition) is 3. The highest BCUT2D eigenvalue weighted by molar-refractivity contribution is 5.81. The predicted octanol–water partition coefficient (Wildman–Crippen LogP) is 2.47. The third-order valence-electron chi connectivity index (χ3n) is 4.36. The molecule has 0 aromatic heterocycles. The van der Waals surface area contributed by atoms with Crippen LogP contribution in [0.3, 0.4) is 0 Å². The van der Waals surface area contributed by atoms with Gasteiger partial charge in [-0.2, -0.15) is 0 Å². The highest BCUT2D eigenvalue weighted by Gasteiger charge is 2.28. The van der Waals surface area contributed by atoms with Crippen molar-refractivity contribution in [2.75, 3.05) is 26.2 Å². The number of carbonyl (C=O) groups excluding carboxylic acids is 1. The molecule has 0 saturated carbocycles. The van der Waals surface area contributed by atoms with E-state index in [0.29, 0.717) is 12.0 Å². The van der Waals surface area contributed by atoms with Crippen LogP contribution in [-0.4, -0.2) is 54.0 Å². The van der Waals surface area contributed by atoms with E-state index < -0.39 is 0 Å². The summed E-state index contributed by atoms with van der Waals surface area (Å²) in [4.78, 5) is 16.9. The third-order valence-corrected chi connectivity index (χ3v) is 4.36. The van der Waals surface area contributed by atoms with Crippen molar-refractivity contribution in [1.29, 1.82) is 0 Å². The molecule has 1 amide bonds. The minimum absolute atomic E-state index is 0.152. The lowest BCUT2D eigenvalue weighted by Gasteiger charge is -2.39. The van der Waals surface area contributed by atoms with Crippen molar-refractivity contribution in [1.82, 2.24) is 9.80 Å². The Kier molecular flexibility index (Phi) is 8.27. The van der Waals surface area contributed by atoms with E-state index in [4.69, 9.17) is 5.73 Å². The van der Waals surface area contributed by atoms with E-state index in [9.17, 15) is 4.79 Å². The third kappa shape index (κ3) is 5.95. The molecule has 4 heteroatoms. The molecule has 124 valence electrons. The normalized spacial score (nSPS) is 18.5. The van der Waals surface area contributed by atoms with Crippen LogP contribution in [-0.2, 0) is 4.79 Å². The molecule has 0 bridgehead atoms. The van der Waals surface area contributed by atoms with Gasteiger partial charge in [0.1, 0.15) is 0 Å². The summed E-state index contributed by atoms with van der Waals surface area (Å²) in [5.41, 5.74) is 6.04. The van der Waals surface area contributed by atoms with Gasteiger partial charge in [-0.3, -0.25) is 4.79 Å². The van der Waals surface area contributed by atoms with Gasteiger partial charge >= 0.3 is 0 Å². The smallest absolute Gasteiger partial charge is 0.239 e. The van der Waals surface area contributed by atoms with E-state index >= 15 is 0 Å². The molecule has 1 rings (SSSR count). The fourth-order valence-electron chi connectivity index (χ4n) is 3.35. The van der Waals surface area contributed by atoms with Gasteiger partial charge in [0.25, 0.3) is 0 Å². The summed E-state index contributed by atoms with van der Waals surface area (Å²) < 4.78 is 0. The largest absolute Gasteiger partial charge is 0.341 e. The number of rotatable bonds is 8. The van der Waals surface area contributed by atoms with Crippen molar-refractivity contribution in [2.24, 2.45) is 11.7 Å². The van der Waals surface area contributed by atoms with Crippen LogP contribution in [0.2, 0.25) is 0 Å². The summed E-state index contributed by atoms with van der Waals surface area (Å²) in [7, 11) is 0. The van der Waals surface area contributed by atoms with Crippen LogP contribution >= 0.6 is 0 Å². The molecule has 1 saturated heterocycles. The first-order valence-corrected chi connectivity index (χ1v) is 8.77. The zero-order valence-corrected chi connectivity index (χ0v) is 14.5. The molecule has 4 nitrogen and oxygen atoms in total. The lowest BCUT2D eigenvalue weighted by molar-refractivity contribution is -0.134. The lowest BCUT2D eigenvalue weighted by atomic mass is 9.99. The van der Waals surface area contributed by atoms with E-state index in [2.05, 4.69) is 32.6 Å². The van der Waals surface area contributed by atoms with Gasteiger partial charge in [0.05, 0.1) is 6.04 Å². The molecule has 1 aliphatic rings. The van der Waals surface area contributed by atoms with Gasteiger partial charge in [0.2, 0.25) is 5.91 Å². The quantitative estimate of drug-likeness (QED) is 0.749. The van der Waals surface area contributed by atoms with Gasteiger partial charge in [-0.25, -0.2) is 0 Å². The lowest BCUT2D eigenvalue weighted by Crippen LogP contribution is -2.51. The Labute approximate surface area is 131 Å². The Hall–Kier alpha value is -0.610. The Morgan fingerprint density at radius 1 is 1.19 bits per heavy atom. The van der Waals surface area contributed by atoms with Gasteiger partial charge in [-0.1, -0.05) is 27.7 Å². The molecule has 2 N–H and O–H groups in total. The first-order valence-electron chi connectivity index (χ1n) is 8.77. The first-order chi connectivity index (χ1) is 9.99. The van der Waals surface area contributed by atoms with Crippen molar-refractivity contribution < 1.29 is 4.79 Å². The van der Waals surface area contributed by atoms with Gasteiger partial charge in [-0.05, 0) is 51.1 Å². The Morgan fingerprint density at radius 3 is 2.14 bits per heavy atom. The molecule has 0 unspecified atom stereocenters. The van der Waals surface area contributed by atoms with E-state index in [-0.39, 0.29) is 11.9 Å². The fraction of sp³-hybridized carbons (Fsp3) is 0.941. The second kappa shape index (κ2) is 9.42. The molecule has 1 fully saturated rings. The molecular formula is C17H35N3O. The van der Waals surface area contributed by atoms with Crippen LogP contribution in [0.4, 0.5) is 0 Å². The summed E-state index contributed by atoms with van der Waals surface area (Å²) in [6.07, 6.45) is 5.40. The molecule has 0 aromatic rings. The van der Waals surface area contributed by atoms with Crippen LogP contribution < -0.4 is 5.73 Å². The average molecular weight is 297 g/mol. The standard InChI is InChI=1S/C17H35N3O/c1-5-9-19(10-6-2)15-7-11-20(12-8-15)17(21)16(18)13-14(3)4/h14-16H,5-13,18H2,1-4H3/t16-/m0/s1. The van der Waals surface area contributed by atoms with Gasteiger partial charge < -0.3 is 15.5 Å². The monoisotopic (exact) mass is 297 g/mol. The molecule has 0 aromatic carbocycles. The van der Waals surface area contributed by atoms with Crippen LogP contribution in [0.5, 0.6) is 0 Å². The summed E-state index contributed by atoms with van der Waals surface area (Å²) in [6.45, 7) is 12.8. The van der Waals surface area contributed by atoms with Crippen molar-refractivity contribution in [3.8, 4) is 0 Å². The van der Waals surface area contributed by atoms with Crippen molar-refractivity contribution >= 4 is 5.91 Å². The van der Waals surface area contributed by atoms with Gasteiger partial charge in [-0.15, -0.1) is 0 Å². The summed E-state index contributed by atoms with van der Waals surface area (Å²) in [6, 6.07) is 0.333. The maximum absolute atomic E-state index is 12.3. The second-order valence-electron chi connectivity index (χ2n) is 6.83. The van der Waals surface area contributed by atoms with Crippen molar-refractivity contribution in [3.05, 3.63) is 0 Å². The van der Waals surface area contributed by atoms with Crippen LogP contribution in [0.1, 0.15) is 59.8 Å². The number of nitrogens with two attached hydrogens (primary N) is 1. The molecule has 1 heterocycles. The number of amides is 1. The Morgan fingerprint density at radius 2 is 1.71 bits per heavy atom. The summed E-state index contributed by atoms with van der Waals surface area (Å²) in [5, 5.41) is 0. The number of likely N-dealkylation sites (tertiary alicyclic amines) is 1. The zero-order chi connectivity index (χ0) is 15.8.